The van der Waals surface area contributed by atoms with E-state index in [1.807, 2.05) is 0 Å². The lowest BCUT2D eigenvalue weighted by Gasteiger charge is -2.03. The first-order chi connectivity index (χ1) is 6.43. The molecule has 74 valence electrons. The Balaban J connectivity index is 3.42. The number of ketones is 1. The zero-order valence-electron chi connectivity index (χ0n) is 7.24. The quantitative estimate of drug-likeness (QED) is 0.705. The van der Waals surface area contributed by atoms with Crippen LogP contribution in [0.2, 0.25) is 0 Å². The molecule has 0 aromatic heterocycles. The summed E-state index contributed by atoms with van der Waals surface area (Å²) in [5.41, 5.74) is -0.836. The van der Waals surface area contributed by atoms with Crippen molar-refractivity contribution in [1.82, 2.24) is 0 Å². The number of aromatic hydroxyl groups is 1. The van der Waals surface area contributed by atoms with Gasteiger partial charge in [0.1, 0.15) is 17.1 Å². The molecule has 0 heterocycles. The summed E-state index contributed by atoms with van der Waals surface area (Å²) >= 11 is 0. The molecule has 1 aromatic carbocycles. The van der Waals surface area contributed by atoms with Crippen molar-refractivity contribution in [2.75, 3.05) is 0 Å². The van der Waals surface area contributed by atoms with E-state index in [1.165, 1.54) is 0 Å². The molecule has 4 nitrogen and oxygen atoms in total. The monoisotopic (exact) mass is 198 g/mol. The molecule has 5 heteroatoms. The third-order valence-electron chi connectivity index (χ3n) is 1.70. The Labute approximate surface area is 78.6 Å². The zero-order chi connectivity index (χ0) is 10.9. The molecule has 0 saturated heterocycles. The maximum absolute atomic E-state index is 13.0. The Morgan fingerprint density at radius 1 is 1.29 bits per heavy atom. The van der Waals surface area contributed by atoms with Crippen molar-refractivity contribution in [3.8, 4) is 5.75 Å². The number of halogens is 1. The summed E-state index contributed by atoms with van der Waals surface area (Å²) in [7, 11) is 0. The molecule has 1 aromatic rings. The highest BCUT2D eigenvalue weighted by Gasteiger charge is 2.16. The van der Waals surface area contributed by atoms with Gasteiger partial charge < -0.3 is 10.2 Å². The second kappa shape index (κ2) is 3.45. The highest BCUT2D eigenvalue weighted by Crippen LogP contribution is 2.21. The van der Waals surface area contributed by atoms with Gasteiger partial charge in [0, 0.05) is 6.07 Å². The highest BCUT2D eigenvalue weighted by molar-refractivity contribution is 5.98. The smallest absolute Gasteiger partial charge is 0.339 e. The van der Waals surface area contributed by atoms with Gasteiger partial charge in [-0.25, -0.2) is 9.18 Å². The first kappa shape index (κ1) is 10.2. The average molecular weight is 198 g/mol. The van der Waals surface area contributed by atoms with Gasteiger partial charge in [0.25, 0.3) is 0 Å². The Bertz CT molecular complexity index is 376. The van der Waals surface area contributed by atoms with Crippen LogP contribution in [-0.4, -0.2) is 22.0 Å². The summed E-state index contributed by atoms with van der Waals surface area (Å²) < 4.78 is 13.0. The fourth-order valence-electron chi connectivity index (χ4n) is 1.00. The molecule has 0 aliphatic carbocycles. The number of carboxylic acid groups (broad SMARTS) is 1. The molecule has 14 heavy (non-hydrogen) atoms. The van der Waals surface area contributed by atoms with Crippen molar-refractivity contribution in [3.05, 3.63) is 29.1 Å². The summed E-state index contributed by atoms with van der Waals surface area (Å²) in [6, 6.07) is 1.43. The number of benzene rings is 1. The van der Waals surface area contributed by atoms with Crippen LogP contribution in [0.25, 0.3) is 0 Å². The van der Waals surface area contributed by atoms with Gasteiger partial charge >= 0.3 is 5.97 Å². The molecule has 0 amide bonds. The minimum atomic E-state index is -1.41. The molecule has 1 rings (SSSR count). The molecular formula is C9H7FO4. The molecule has 0 radical (unpaired) electrons. The van der Waals surface area contributed by atoms with Crippen molar-refractivity contribution in [1.29, 1.82) is 0 Å². The van der Waals surface area contributed by atoms with Crippen LogP contribution in [-0.2, 0) is 0 Å². The summed E-state index contributed by atoms with van der Waals surface area (Å²) in [6.07, 6.45) is 0. The SMILES string of the molecule is CC(=O)c1cc(C(=O)O)c(O)cc1F. The second-order valence-electron chi connectivity index (χ2n) is 2.71. The number of Topliss-reactive ketones (excluding diaryl/α,β-unsaturated/α-hetero) is 1. The van der Waals surface area contributed by atoms with E-state index in [0.29, 0.717) is 6.07 Å². The third kappa shape index (κ3) is 1.71. The number of hydrogen-bond donors (Lipinski definition) is 2. The summed E-state index contributed by atoms with van der Waals surface area (Å²) in [5, 5.41) is 17.6. The molecule has 0 atom stereocenters. The Morgan fingerprint density at radius 2 is 1.86 bits per heavy atom. The molecule has 0 spiro atoms. The first-order valence-electron chi connectivity index (χ1n) is 3.70. The van der Waals surface area contributed by atoms with Crippen molar-refractivity contribution in [2.45, 2.75) is 6.92 Å². The van der Waals surface area contributed by atoms with Gasteiger partial charge in [0.15, 0.2) is 5.78 Å². The first-order valence-corrected chi connectivity index (χ1v) is 3.70. The molecular weight excluding hydrogens is 191 g/mol. The van der Waals surface area contributed by atoms with Gasteiger partial charge in [-0.2, -0.15) is 0 Å². The molecule has 0 saturated carbocycles. The summed E-state index contributed by atoms with van der Waals surface area (Å²) in [6.45, 7) is 1.11. The van der Waals surface area contributed by atoms with Crippen LogP contribution in [0.5, 0.6) is 5.75 Å². The number of carboxylic acids is 1. The molecule has 2 N–H and O–H groups in total. The van der Waals surface area contributed by atoms with Crippen molar-refractivity contribution >= 4 is 11.8 Å². The second-order valence-corrected chi connectivity index (χ2v) is 2.71. The van der Waals surface area contributed by atoms with Crippen LogP contribution in [0.3, 0.4) is 0 Å². The molecule has 0 aliphatic rings. The largest absolute Gasteiger partial charge is 0.507 e. The average Bonchev–Trinajstić information content (AvgIpc) is 2.02. The zero-order valence-corrected chi connectivity index (χ0v) is 7.24. The lowest BCUT2D eigenvalue weighted by Crippen LogP contribution is -2.03. The van der Waals surface area contributed by atoms with Crippen LogP contribution in [0, 0.1) is 5.82 Å². The summed E-state index contributed by atoms with van der Waals surface area (Å²) in [4.78, 5) is 21.4. The molecule has 0 fully saturated rings. The van der Waals surface area contributed by atoms with Crippen LogP contribution < -0.4 is 0 Å². The molecule has 0 aliphatic heterocycles. The minimum Gasteiger partial charge on any atom is -0.507 e. The fraction of sp³-hybridized carbons (Fsp3) is 0.111. The number of phenols is 1. The molecule has 0 unspecified atom stereocenters. The molecule has 0 bridgehead atoms. The standard InChI is InChI=1S/C9H7FO4/c1-4(11)5-2-6(9(13)14)8(12)3-7(5)10/h2-3,12H,1H3,(H,13,14). The van der Waals surface area contributed by atoms with Gasteiger partial charge in [-0.15, -0.1) is 0 Å². The Kier molecular flexibility index (Phi) is 2.51. The van der Waals surface area contributed by atoms with Crippen LogP contribution in [0.4, 0.5) is 4.39 Å². The highest BCUT2D eigenvalue weighted by atomic mass is 19.1. The lowest BCUT2D eigenvalue weighted by atomic mass is 10.1. The topological polar surface area (TPSA) is 74.6 Å². The predicted octanol–water partition coefficient (Wildman–Crippen LogP) is 1.43. The van der Waals surface area contributed by atoms with Crippen molar-refractivity contribution < 1.29 is 24.2 Å². The van der Waals surface area contributed by atoms with E-state index in [-0.39, 0.29) is 5.56 Å². The number of carbonyl (C=O) groups excluding carboxylic acids is 1. The van der Waals surface area contributed by atoms with Crippen molar-refractivity contribution in [3.63, 3.8) is 0 Å². The summed E-state index contributed by atoms with van der Waals surface area (Å²) in [5.74, 6) is -3.63. The van der Waals surface area contributed by atoms with Crippen molar-refractivity contribution in [2.24, 2.45) is 0 Å². The van der Waals surface area contributed by atoms with Gasteiger partial charge in [0.2, 0.25) is 0 Å². The van der Waals surface area contributed by atoms with E-state index < -0.39 is 28.9 Å². The van der Waals surface area contributed by atoms with E-state index in [1.54, 1.807) is 0 Å². The minimum absolute atomic E-state index is 0.347. The van der Waals surface area contributed by atoms with E-state index in [9.17, 15) is 14.0 Å². The number of carbonyl (C=O) groups is 2. The van der Waals surface area contributed by atoms with E-state index in [2.05, 4.69) is 0 Å². The number of aromatic carboxylic acids is 1. The van der Waals surface area contributed by atoms with Gasteiger partial charge in [-0.3, -0.25) is 4.79 Å². The Morgan fingerprint density at radius 3 is 2.29 bits per heavy atom. The number of hydrogen-bond acceptors (Lipinski definition) is 3. The van der Waals surface area contributed by atoms with Gasteiger partial charge in [-0.05, 0) is 13.0 Å². The normalized spacial score (nSPS) is 9.86. The lowest BCUT2D eigenvalue weighted by molar-refractivity contribution is 0.0693. The van der Waals surface area contributed by atoms with E-state index in [0.717, 1.165) is 13.0 Å². The van der Waals surface area contributed by atoms with Gasteiger partial charge in [0.05, 0.1) is 5.56 Å². The van der Waals surface area contributed by atoms with E-state index >= 15 is 0 Å². The fourth-order valence-corrected chi connectivity index (χ4v) is 1.00. The van der Waals surface area contributed by atoms with Crippen LogP contribution in [0.15, 0.2) is 12.1 Å². The van der Waals surface area contributed by atoms with Gasteiger partial charge in [-0.1, -0.05) is 0 Å². The maximum Gasteiger partial charge on any atom is 0.339 e. The van der Waals surface area contributed by atoms with Crippen LogP contribution >= 0.6 is 0 Å². The Hall–Kier alpha value is -1.91. The van der Waals surface area contributed by atoms with Crippen LogP contribution in [0.1, 0.15) is 27.6 Å². The third-order valence-corrected chi connectivity index (χ3v) is 1.70. The number of rotatable bonds is 2. The van der Waals surface area contributed by atoms with E-state index in [4.69, 9.17) is 10.2 Å². The maximum atomic E-state index is 13.0. The predicted molar refractivity (Wildman–Crippen MR) is 45.0 cm³/mol.